The lowest BCUT2D eigenvalue weighted by atomic mass is 10.1. The minimum atomic E-state index is 0.734. The summed E-state index contributed by atoms with van der Waals surface area (Å²) in [6.07, 6.45) is 1.91. The van der Waals surface area contributed by atoms with Crippen LogP contribution in [0.15, 0.2) is 76.7 Å². The lowest BCUT2D eigenvalue weighted by Crippen LogP contribution is -2.36. The highest BCUT2D eigenvalue weighted by Crippen LogP contribution is 2.14. The fourth-order valence-corrected chi connectivity index (χ4v) is 3.75. The summed E-state index contributed by atoms with van der Waals surface area (Å²) in [5.74, 6) is 0.806. The smallest absolute Gasteiger partial charge is 0.191 e. The molecule has 0 radical (unpaired) electrons. The van der Waals surface area contributed by atoms with Gasteiger partial charge < -0.3 is 15.2 Å². The molecule has 2 N–H and O–H groups in total. The van der Waals surface area contributed by atoms with Crippen LogP contribution in [0.1, 0.15) is 16.7 Å². The molecule has 0 amide bonds. The van der Waals surface area contributed by atoms with Crippen molar-refractivity contribution in [1.82, 2.24) is 20.2 Å². The van der Waals surface area contributed by atoms with Gasteiger partial charge in [-0.15, -0.1) is 0 Å². The highest BCUT2D eigenvalue weighted by molar-refractivity contribution is 7.07. The van der Waals surface area contributed by atoms with E-state index in [0.717, 1.165) is 36.6 Å². The molecular formula is C22H23N5S. The number of hydrogen-bond acceptors (Lipinski definition) is 3. The Morgan fingerprint density at radius 1 is 0.964 bits per heavy atom. The van der Waals surface area contributed by atoms with Gasteiger partial charge in [0.2, 0.25) is 0 Å². The quantitative estimate of drug-likeness (QED) is 0.387. The second-order valence-electron chi connectivity index (χ2n) is 6.59. The third kappa shape index (κ3) is 4.40. The van der Waals surface area contributed by atoms with Gasteiger partial charge in [0.05, 0.1) is 17.4 Å². The van der Waals surface area contributed by atoms with Crippen LogP contribution >= 0.6 is 11.3 Å². The molecule has 0 spiro atoms. The van der Waals surface area contributed by atoms with Crippen LogP contribution in [0.25, 0.3) is 11.0 Å². The maximum atomic E-state index is 4.46. The van der Waals surface area contributed by atoms with Crippen molar-refractivity contribution in [3.05, 3.63) is 88.4 Å². The zero-order chi connectivity index (χ0) is 19.2. The molecule has 0 aliphatic heterocycles. The van der Waals surface area contributed by atoms with Crippen molar-refractivity contribution in [1.29, 1.82) is 0 Å². The summed E-state index contributed by atoms with van der Waals surface area (Å²) in [5.41, 5.74) is 5.94. The molecule has 142 valence electrons. The van der Waals surface area contributed by atoms with Crippen molar-refractivity contribution in [3.8, 4) is 0 Å². The number of imidazole rings is 1. The summed E-state index contributed by atoms with van der Waals surface area (Å²) in [7, 11) is 1.79. The number of fused-ring (bicyclic) bond motifs is 1. The van der Waals surface area contributed by atoms with Crippen molar-refractivity contribution >= 4 is 28.3 Å². The predicted octanol–water partition coefficient (Wildman–Crippen LogP) is 4.01. The van der Waals surface area contributed by atoms with Crippen molar-refractivity contribution in [3.63, 3.8) is 0 Å². The molecule has 4 aromatic rings. The first-order valence-electron chi connectivity index (χ1n) is 9.25. The van der Waals surface area contributed by atoms with E-state index in [9.17, 15) is 0 Å². The highest BCUT2D eigenvalue weighted by atomic mass is 32.1. The van der Waals surface area contributed by atoms with E-state index in [0.29, 0.717) is 0 Å². The Hall–Kier alpha value is -3.12. The van der Waals surface area contributed by atoms with E-state index in [-0.39, 0.29) is 0 Å². The monoisotopic (exact) mass is 389 g/mol. The maximum Gasteiger partial charge on any atom is 0.191 e. The molecule has 2 aromatic heterocycles. The van der Waals surface area contributed by atoms with Gasteiger partial charge in [0.1, 0.15) is 0 Å². The van der Waals surface area contributed by atoms with Crippen LogP contribution in [-0.2, 0) is 19.6 Å². The van der Waals surface area contributed by atoms with E-state index >= 15 is 0 Å². The molecule has 0 atom stereocenters. The minimum Gasteiger partial charge on any atom is -0.352 e. The van der Waals surface area contributed by atoms with Crippen LogP contribution in [0.5, 0.6) is 0 Å². The molecule has 0 fully saturated rings. The summed E-state index contributed by atoms with van der Waals surface area (Å²) >= 11 is 1.71. The molecule has 6 heteroatoms. The SMILES string of the molecule is CN=C(NCc1ccc(Cn2cnc3ccccc32)cc1)NCc1ccsc1. The number of aromatic nitrogens is 2. The molecule has 0 bridgehead atoms. The van der Waals surface area contributed by atoms with Gasteiger partial charge in [-0.3, -0.25) is 4.99 Å². The molecule has 4 rings (SSSR count). The third-order valence-corrected chi connectivity index (χ3v) is 5.36. The second-order valence-corrected chi connectivity index (χ2v) is 7.37. The van der Waals surface area contributed by atoms with E-state index in [1.54, 1.807) is 18.4 Å². The fourth-order valence-electron chi connectivity index (χ4n) is 3.08. The molecule has 0 aliphatic carbocycles. The molecule has 0 aliphatic rings. The lowest BCUT2D eigenvalue weighted by Gasteiger charge is -2.12. The van der Waals surface area contributed by atoms with Crippen LogP contribution < -0.4 is 10.6 Å². The standard InChI is InChI=1S/C22H23N5S/c1-23-22(25-13-19-10-11-28-15-19)24-12-17-6-8-18(9-7-17)14-27-16-26-20-4-2-3-5-21(20)27/h2-11,15-16H,12-14H2,1H3,(H2,23,24,25). The minimum absolute atomic E-state index is 0.734. The van der Waals surface area contributed by atoms with Gasteiger partial charge in [-0.25, -0.2) is 4.98 Å². The number of rotatable bonds is 6. The largest absolute Gasteiger partial charge is 0.352 e. The number of nitrogens with zero attached hydrogens (tertiary/aromatic N) is 3. The maximum absolute atomic E-state index is 4.46. The van der Waals surface area contributed by atoms with Gasteiger partial charge in [0.15, 0.2) is 5.96 Å². The molecular weight excluding hydrogens is 366 g/mol. The van der Waals surface area contributed by atoms with E-state index in [1.807, 2.05) is 18.5 Å². The number of hydrogen-bond donors (Lipinski definition) is 2. The summed E-state index contributed by atoms with van der Waals surface area (Å²) in [4.78, 5) is 8.75. The second kappa shape index (κ2) is 8.71. The van der Waals surface area contributed by atoms with Crippen LogP contribution in [0, 0.1) is 0 Å². The Labute approximate surface area is 168 Å². The number of aliphatic imine (C=N–C) groups is 1. The predicted molar refractivity (Wildman–Crippen MR) is 117 cm³/mol. The molecule has 5 nitrogen and oxygen atoms in total. The first kappa shape index (κ1) is 18.3. The number of para-hydroxylation sites is 2. The first-order valence-corrected chi connectivity index (χ1v) is 10.2. The van der Waals surface area contributed by atoms with Gasteiger partial charge >= 0.3 is 0 Å². The van der Waals surface area contributed by atoms with Crippen LogP contribution in [0.4, 0.5) is 0 Å². The first-order chi connectivity index (χ1) is 13.8. The Morgan fingerprint density at radius 2 is 1.71 bits per heavy atom. The number of benzene rings is 2. The number of guanidine groups is 1. The third-order valence-electron chi connectivity index (χ3n) is 4.63. The van der Waals surface area contributed by atoms with E-state index in [1.165, 1.54) is 16.7 Å². The average Bonchev–Trinajstić information content (AvgIpc) is 3.40. The summed E-state index contributed by atoms with van der Waals surface area (Å²) < 4.78 is 2.18. The zero-order valence-electron chi connectivity index (χ0n) is 15.8. The van der Waals surface area contributed by atoms with Crippen molar-refractivity contribution in [2.24, 2.45) is 4.99 Å². The van der Waals surface area contributed by atoms with Gasteiger partial charge in [0.25, 0.3) is 0 Å². The van der Waals surface area contributed by atoms with E-state index in [2.05, 4.69) is 78.4 Å². The Balaban J connectivity index is 1.32. The number of thiophene rings is 1. The van der Waals surface area contributed by atoms with Crippen molar-refractivity contribution in [2.45, 2.75) is 19.6 Å². The van der Waals surface area contributed by atoms with Gasteiger partial charge in [-0.2, -0.15) is 11.3 Å². The molecule has 0 saturated heterocycles. The zero-order valence-corrected chi connectivity index (χ0v) is 16.6. The molecule has 28 heavy (non-hydrogen) atoms. The van der Waals surface area contributed by atoms with Gasteiger partial charge in [-0.1, -0.05) is 36.4 Å². The number of nitrogens with one attached hydrogen (secondary N) is 2. The summed E-state index contributed by atoms with van der Waals surface area (Å²) in [6, 6.07) is 19.0. The van der Waals surface area contributed by atoms with Gasteiger partial charge in [0, 0.05) is 26.7 Å². The van der Waals surface area contributed by atoms with Crippen LogP contribution in [0.2, 0.25) is 0 Å². The normalized spacial score (nSPS) is 11.7. The Morgan fingerprint density at radius 3 is 2.46 bits per heavy atom. The van der Waals surface area contributed by atoms with Crippen LogP contribution in [-0.4, -0.2) is 22.6 Å². The van der Waals surface area contributed by atoms with E-state index in [4.69, 9.17) is 0 Å². The Kier molecular flexibility index (Phi) is 5.68. The summed E-state index contributed by atoms with van der Waals surface area (Å²) in [5, 5.41) is 10.9. The van der Waals surface area contributed by atoms with Crippen LogP contribution in [0.3, 0.4) is 0 Å². The summed E-state index contributed by atoms with van der Waals surface area (Å²) in [6.45, 7) is 2.33. The lowest BCUT2D eigenvalue weighted by molar-refractivity contribution is 0.805. The van der Waals surface area contributed by atoms with Gasteiger partial charge in [-0.05, 0) is 45.6 Å². The topological polar surface area (TPSA) is 54.2 Å². The fraction of sp³-hybridized carbons (Fsp3) is 0.182. The average molecular weight is 390 g/mol. The highest BCUT2D eigenvalue weighted by Gasteiger charge is 2.03. The van der Waals surface area contributed by atoms with E-state index < -0.39 is 0 Å². The molecule has 0 unspecified atom stereocenters. The molecule has 0 saturated carbocycles. The van der Waals surface area contributed by atoms with Crippen molar-refractivity contribution < 1.29 is 0 Å². The van der Waals surface area contributed by atoms with Crippen molar-refractivity contribution in [2.75, 3.05) is 7.05 Å². The Bertz CT molecular complexity index is 1050. The molecule has 2 heterocycles. The molecule has 2 aromatic carbocycles.